The molecular weight excluding hydrogens is 327 g/mol. The van der Waals surface area contributed by atoms with Crippen molar-refractivity contribution in [2.24, 2.45) is 0 Å². The molecule has 0 aliphatic carbocycles. The van der Waals surface area contributed by atoms with Gasteiger partial charge in [-0.05, 0) is 42.0 Å². The van der Waals surface area contributed by atoms with Gasteiger partial charge in [-0.3, -0.25) is 0 Å². The van der Waals surface area contributed by atoms with Crippen molar-refractivity contribution < 1.29 is 4.74 Å². The summed E-state index contributed by atoms with van der Waals surface area (Å²) < 4.78 is 5.25. The Morgan fingerprint density at radius 3 is 2.67 bits per heavy atom. The van der Waals surface area contributed by atoms with Crippen molar-refractivity contribution in [2.45, 2.75) is 6.54 Å². The number of thiocarbonyl (C=S) groups is 1. The first kappa shape index (κ1) is 15.9. The van der Waals surface area contributed by atoms with Gasteiger partial charge in [0.15, 0.2) is 5.11 Å². The van der Waals surface area contributed by atoms with Gasteiger partial charge in [0.2, 0.25) is 0 Å². The number of hydrogen-bond acceptors (Lipinski definition) is 2. The largest absolute Gasteiger partial charge is 0.495 e. The van der Waals surface area contributed by atoms with Gasteiger partial charge in [-0.2, -0.15) is 0 Å². The van der Waals surface area contributed by atoms with Crippen molar-refractivity contribution in [3.8, 4) is 5.75 Å². The van der Waals surface area contributed by atoms with E-state index in [2.05, 4.69) is 10.6 Å². The Kier molecular flexibility index (Phi) is 5.67. The molecule has 0 saturated heterocycles. The van der Waals surface area contributed by atoms with E-state index in [4.69, 9.17) is 40.2 Å². The van der Waals surface area contributed by atoms with Crippen molar-refractivity contribution in [2.75, 3.05) is 12.4 Å². The van der Waals surface area contributed by atoms with Crippen LogP contribution in [0.4, 0.5) is 5.69 Å². The molecule has 3 nitrogen and oxygen atoms in total. The average Bonchev–Trinajstić information content (AvgIpc) is 2.47. The third kappa shape index (κ3) is 4.49. The normalized spacial score (nSPS) is 10.0. The maximum absolute atomic E-state index is 6.10. The Morgan fingerprint density at radius 1 is 1.19 bits per heavy atom. The van der Waals surface area contributed by atoms with E-state index in [1.54, 1.807) is 25.3 Å². The fourth-order valence-corrected chi connectivity index (χ4v) is 2.32. The minimum Gasteiger partial charge on any atom is -0.495 e. The fourth-order valence-electron chi connectivity index (χ4n) is 1.76. The molecule has 0 bridgehead atoms. The molecule has 0 atom stereocenters. The van der Waals surface area contributed by atoms with Gasteiger partial charge >= 0.3 is 0 Å². The highest BCUT2D eigenvalue weighted by molar-refractivity contribution is 7.80. The van der Waals surface area contributed by atoms with E-state index >= 15 is 0 Å². The lowest BCUT2D eigenvalue weighted by molar-refractivity contribution is 0.417. The first-order valence-corrected chi connectivity index (χ1v) is 7.38. The quantitative estimate of drug-likeness (QED) is 0.803. The average molecular weight is 341 g/mol. The molecule has 0 saturated carbocycles. The minimum absolute atomic E-state index is 0.468. The highest BCUT2D eigenvalue weighted by Gasteiger charge is 2.06. The van der Waals surface area contributed by atoms with Crippen molar-refractivity contribution in [3.63, 3.8) is 0 Å². The topological polar surface area (TPSA) is 33.3 Å². The van der Waals surface area contributed by atoms with Crippen LogP contribution in [0.15, 0.2) is 42.5 Å². The van der Waals surface area contributed by atoms with Crippen molar-refractivity contribution in [3.05, 3.63) is 58.1 Å². The Bertz CT molecular complexity index is 649. The van der Waals surface area contributed by atoms with Gasteiger partial charge in [0.25, 0.3) is 0 Å². The van der Waals surface area contributed by atoms with Crippen molar-refractivity contribution >= 4 is 46.2 Å². The highest BCUT2D eigenvalue weighted by atomic mass is 35.5. The fraction of sp³-hybridized carbons (Fsp3) is 0.133. The van der Waals surface area contributed by atoms with Crippen LogP contribution < -0.4 is 15.4 Å². The van der Waals surface area contributed by atoms with Crippen molar-refractivity contribution in [1.82, 2.24) is 5.32 Å². The van der Waals surface area contributed by atoms with E-state index in [0.717, 1.165) is 5.56 Å². The third-order valence-electron chi connectivity index (χ3n) is 2.81. The van der Waals surface area contributed by atoms with E-state index in [1.807, 2.05) is 24.3 Å². The number of nitrogens with one attached hydrogen (secondary N) is 2. The maximum atomic E-state index is 6.10. The Balaban J connectivity index is 1.99. The van der Waals surface area contributed by atoms with Crippen LogP contribution in [0.1, 0.15) is 5.56 Å². The van der Waals surface area contributed by atoms with Gasteiger partial charge in [-0.15, -0.1) is 0 Å². The molecule has 2 rings (SSSR count). The van der Waals surface area contributed by atoms with Crippen LogP contribution in [0.3, 0.4) is 0 Å². The number of rotatable bonds is 4. The third-order valence-corrected chi connectivity index (χ3v) is 3.66. The second kappa shape index (κ2) is 7.50. The lowest BCUT2D eigenvalue weighted by Gasteiger charge is -2.14. The number of hydrogen-bond donors (Lipinski definition) is 2. The van der Waals surface area contributed by atoms with Crippen LogP contribution in [0.2, 0.25) is 10.0 Å². The van der Waals surface area contributed by atoms with Gasteiger partial charge in [0.05, 0.1) is 12.8 Å². The van der Waals surface area contributed by atoms with Crippen LogP contribution in [-0.2, 0) is 6.54 Å². The molecule has 0 heterocycles. The standard InChI is InChI=1S/C15H14Cl2N2OS/c1-20-14-7-6-11(16)8-13(14)19-15(21)18-9-10-4-2-3-5-12(10)17/h2-8H,9H2,1H3,(H2,18,19,21). The summed E-state index contributed by atoms with van der Waals surface area (Å²) in [5.41, 5.74) is 1.68. The predicted molar refractivity (Wildman–Crippen MR) is 92.5 cm³/mol. The van der Waals surface area contributed by atoms with Gasteiger partial charge in [-0.25, -0.2) is 0 Å². The van der Waals surface area contributed by atoms with Crippen molar-refractivity contribution in [1.29, 1.82) is 0 Å². The summed E-state index contributed by atoms with van der Waals surface area (Å²) in [6, 6.07) is 12.9. The molecule has 0 aliphatic rings. The molecule has 2 N–H and O–H groups in total. The molecule has 21 heavy (non-hydrogen) atoms. The zero-order chi connectivity index (χ0) is 15.2. The summed E-state index contributed by atoms with van der Waals surface area (Å²) in [4.78, 5) is 0. The summed E-state index contributed by atoms with van der Waals surface area (Å²) in [6.07, 6.45) is 0. The monoisotopic (exact) mass is 340 g/mol. The smallest absolute Gasteiger partial charge is 0.171 e. The first-order valence-electron chi connectivity index (χ1n) is 6.22. The second-order valence-electron chi connectivity index (χ2n) is 4.24. The summed E-state index contributed by atoms with van der Waals surface area (Å²) in [5, 5.41) is 7.93. The van der Waals surface area contributed by atoms with Gasteiger partial charge < -0.3 is 15.4 Å². The van der Waals surface area contributed by atoms with Crippen LogP contribution in [0.25, 0.3) is 0 Å². The number of ether oxygens (including phenoxy) is 1. The second-order valence-corrected chi connectivity index (χ2v) is 5.50. The van der Waals surface area contributed by atoms with E-state index in [-0.39, 0.29) is 0 Å². The molecule has 6 heteroatoms. The molecule has 0 aromatic heterocycles. The highest BCUT2D eigenvalue weighted by Crippen LogP contribution is 2.27. The number of methoxy groups -OCH3 is 1. The summed E-state index contributed by atoms with van der Waals surface area (Å²) in [7, 11) is 1.59. The van der Waals surface area contributed by atoms with Crippen LogP contribution in [0.5, 0.6) is 5.75 Å². The SMILES string of the molecule is COc1ccc(Cl)cc1NC(=S)NCc1ccccc1Cl. The summed E-state index contributed by atoms with van der Waals surface area (Å²) in [6.45, 7) is 0.536. The van der Waals surface area contributed by atoms with E-state index in [1.165, 1.54) is 0 Å². The van der Waals surface area contributed by atoms with E-state index in [9.17, 15) is 0 Å². The summed E-state index contributed by atoms with van der Waals surface area (Å²) in [5.74, 6) is 0.668. The van der Waals surface area contributed by atoms with Crippen LogP contribution >= 0.6 is 35.4 Å². The number of benzene rings is 2. The molecule has 110 valence electrons. The lowest BCUT2D eigenvalue weighted by atomic mass is 10.2. The Labute approximate surface area is 139 Å². The summed E-state index contributed by atoms with van der Waals surface area (Å²) >= 11 is 17.3. The van der Waals surface area contributed by atoms with Crippen LogP contribution in [0, 0.1) is 0 Å². The maximum Gasteiger partial charge on any atom is 0.171 e. The predicted octanol–water partition coefficient (Wildman–Crippen LogP) is 4.49. The molecule has 2 aromatic rings. The van der Waals surface area contributed by atoms with Crippen LogP contribution in [-0.4, -0.2) is 12.2 Å². The molecule has 0 radical (unpaired) electrons. The van der Waals surface area contributed by atoms with Gasteiger partial charge in [0, 0.05) is 16.6 Å². The molecule has 0 spiro atoms. The number of halogens is 2. The molecule has 0 aliphatic heterocycles. The number of anilines is 1. The molecule has 2 aromatic carbocycles. The van der Waals surface area contributed by atoms with E-state index in [0.29, 0.717) is 33.1 Å². The zero-order valence-corrected chi connectivity index (χ0v) is 13.6. The Morgan fingerprint density at radius 2 is 1.95 bits per heavy atom. The Hall–Kier alpha value is -1.49. The van der Waals surface area contributed by atoms with Gasteiger partial charge in [-0.1, -0.05) is 41.4 Å². The molecular formula is C15H14Cl2N2OS. The molecule has 0 fully saturated rings. The molecule has 0 amide bonds. The van der Waals surface area contributed by atoms with Gasteiger partial charge in [0.1, 0.15) is 5.75 Å². The lowest BCUT2D eigenvalue weighted by Crippen LogP contribution is -2.28. The first-order chi connectivity index (χ1) is 10.1. The minimum atomic E-state index is 0.468. The zero-order valence-electron chi connectivity index (χ0n) is 11.3. The van der Waals surface area contributed by atoms with E-state index < -0.39 is 0 Å². The molecule has 0 unspecified atom stereocenters.